The van der Waals surface area contributed by atoms with Crippen LogP contribution in [0.4, 0.5) is 18.9 Å². The number of alkyl halides is 3. The number of thiophene rings is 1. The number of hydrogen-bond acceptors (Lipinski definition) is 4. The molecule has 8 heteroatoms. The lowest BCUT2D eigenvalue weighted by Gasteiger charge is -2.07. The first-order valence-corrected chi connectivity index (χ1v) is 8.02. The highest BCUT2D eigenvalue weighted by Crippen LogP contribution is 2.37. The number of nitrogen functional groups attached to an aromatic ring is 1. The van der Waals surface area contributed by atoms with E-state index in [9.17, 15) is 13.2 Å². The maximum Gasteiger partial charge on any atom is 0.435 e. The quantitative estimate of drug-likeness (QED) is 0.712. The summed E-state index contributed by atoms with van der Waals surface area (Å²) < 4.78 is 45.8. The van der Waals surface area contributed by atoms with E-state index in [1.807, 2.05) is 25.1 Å². The minimum absolute atomic E-state index is 0.114. The van der Waals surface area contributed by atoms with Crippen molar-refractivity contribution in [1.29, 1.82) is 0 Å². The van der Waals surface area contributed by atoms with Crippen molar-refractivity contribution in [2.45, 2.75) is 26.3 Å². The fourth-order valence-corrected chi connectivity index (χ4v) is 3.48. The third-order valence-electron chi connectivity index (χ3n) is 3.63. The van der Waals surface area contributed by atoms with Crippen LogP contribution in [-0.4, -0.2) is 9.78 Å². The minimum Gasteiger partial charge on any atom is -0.398 e. The van der Waals surface area contributed by atoms with Crippen LogP contribution in [-0.2, 0) is 31.2 Å². The maximum atomic E-state index is 13.0. The summed E-state index contributed by atoms with van der Waals surface area (Å²) in [6.07, 6.45) is -4.46. The Hall–Kier alpha value is -2.06. The molecule has 0 aliphatic heterocycles. The van der Waals surface area contributed by atoms with Crippen molar-refractivity contribution in [1.82, 2.24) is 9.78 Å². The number of anilines is 1. The van der Waals surface area contributed by atoms with Gasteiger partial charge in [0.1, 0.15) is 4.83 Å². The summed E-state index contributed by atoms with van der Waals surface area (Å²) in [5.74, 6) is 0. The molecule has 0 saturated carbocycles. The van der Waals surface area contributed by atoms with E-state index in [0.717, 1.165) is 11.1 Å². The molecule has 1 aromatic carbocycles. The summed E-state index contributed by atoms with van der Waals surface area (Å²) in [7, 11) is 1.51. The van der Waals surface area contributed by atoms with Gasteiger partial charge in [0, 0.05) is 28.6 Å². The van der Waals surface area contributed by atoms with E-state index in [1.54, 1.807) is 0 Å². The lowest BCUT2D eigenvalue weighted by atomic mass is 10.1. The predicted octanol–water partition coefficient (Wildman–Crippen LogP) is 4.26. The van der Waals surface area contributed by atoms with Gasteiger partial charge >= 0.3 is 6.18 Å². The molecule has 3 rings (SSSR count). The first-order valence-electron chi connectivity index (χ1n) is 7.21. The number of nitrogens with zero attached hydrogens (tertiary/aromatic N) is 2. The fourth-order valence-electron chi connectivity index (χ4n) is 2.48. The van der Waals surface area contributed by atoms with E-state index in [4.69, 9.17) is 10.5 Å². The molecular formula is C16H16F3N3OS. The number of fused-ring (bicyclic) bond motifs is 1. The van der Waals surface area contributed by atoms with Crippen LogP contribution in [0.25, 0.3) is 10.2 Å². The second kappa shape index (κ2) is 6.10. The highest BCUT2D eigenvalue weighted by molar-refractivity contribution is 7.18. The molecule has 0 aliphatic rings. The molecule has 24 heavy (non-hydrogen) atoms. The van der Waals surface area contributed by atoms with Gasteiger partial charge in [-0.25, -0.2) is 0 Å². The molecule has 0 bridgehead atoms. The van der Waals surface area contributed by atoms with Crippen LogP contribution >= 0.6 is 11.3 Å². The average Bonchev–Trinajstić information content (AvgIpc) is 3.01. The maximum absolute atomic E-state index is 13.0. The van der Waals surface area contributed by atoms with Gasteiger partial charge < -0.3 is 10.5 Å². The standard InChI is InChI=1S/C16H16F3N3OS/c1-9-3-4-10(13(20)5-9)7-23-8-11-6-12-14(16(17,18)19)21-22(2)15(12)24-11/h3-6H,7-8,20H2,1-2H3. The molecule has 0 radical (unpaired) electrons. The molecule has 0 unspecified atom stereocenters. The molecule has 2 heterocycles. The number of ether oxygens (including phenoxy) is 1. The average molecular weight is 355 g/mol. The normalized spacial score (nSPS) is 12.2. The van der Waals surface area contributed by atoms with E-state index in [1.165, 1.54) is 29.1 Å². The summed E-state index contributed by atoms with van der Waals surface area (Å²) in [6.45, 7) is 2.49. The Labute approximate surface area is 140 Å². The van der Waals surface area contributed by atoms with E-state index in [2.05, 4.69) is 5.10 Å². The van der Waals surface area contributed by atoms with Gasteiger partial charge in [0.25, 0.3) is 0 Å². The lowest BCUT2D eigenvalue weighted by molar-refractivity contribution is -0.140. The van der Waals surface area contributed by atoms with Crippen molar-refractivity contribution >= 4 is 27.2 Å². The third-order valence-corrected chi connectivity index (χ3v) is 4.81. The van der Waals surface area contributed by atoms with Crippen molar-refractivity contribution in [3.8, 4) is 0 Å². The molecule has 128 valence electrons. The fraction of sp³-hybridized carbons (Fsp3) is 0.312. The van der Waals surface area contributed by atoms with Crippen molar-refractivity contribution in [3.63, 3.8) is 0 Å². The molecule has 3 aromatic rings. The molecule has 0 amide bonds. The van der Waals surface area contributed by atoms with E-state index >= 15 is 0 Å². The topological polar surface area (TPSA) is 53.1 Å². The van der Waals surface area contributed by atoms with Crippen molar-refractivity contribution in [2.24, 2.45) is 7.05 Å². The van der Waals surface area contributed by atoms with Crippen LogP contribution in [0.5, 0.6) is 0 Å². The van der Waals surface area contributed by atoms with E-state index in [0.29, 0.717) is 22.0 Å². The first kappa shape index (κ1) is 16.8. The van der Waals surface area contributed by atoms with Gasteiger partial charge in [0.2, 0.25) is 0 Å². The van der Waals surface area contributed by atoms with Gasteiger partial charge in [-0.15, -0.1) is 11.3 Å². The van der Waals surface area contributed by atoms with Crippen molar-refractivity contribution in [2.75, 3.05) is 5.73 Å². The number of rotatable bonds is 4. The Morgan fingerprint density at radius 2 is 2.00 bits per heavy atom. The summed E-state index contributed by atoms with van der Waals surface area (Å²) in [6, 6.07) is 7.19. The molecular weight excluding hydrogens is 339 g/mol. The summed E-state index contributed by atoms with van der Waals surface area (Å²) >= 11 is 1.25. The Balaban J connectivity index is 1.74. The SMILES string of the molecule is Cc1ccc(COCc2cc3c(C(F)(F)F)nn(C)c3s2)c(N)c1. The molecule has 2 N–H and O–H groups in total. The monoisotopic (exact) mass is 355 g/mol. The largest absolute Gasteiger partial charge is 0.435 e. The minimum atomic E-state index is -4.46. The second-order valence-electron chi connectivity index (χ2n) is 5.60. The number of benzene rings is 1. The zero-order valence-corrected chi connectivity index (χ0v) is 14.0. The van der Waals surface area contributed by atoms with Crippen LogP contribution in [0, 0.1) is 6.92 Å². The van der Waals surface area contributed by atoms with Crippen molar-refractivity contribution in [3.05, 3.63) is 46.0 Å². The number of halogens is 3. The number of hydrogen-bond donors (Lipinski definition) is 1. The molecule has 0 aliphatic carbocycles. The summed E-state index contributed by atoms with van der Waals surface area (Å²) in [4.78, 5) is 1.20. The van der Waals surface area contributed by atoms with Crippen molar-refractivity contribution < 1.29 is 17.9 Å². The number of aromatic nitrogens is 2. The zero-order chi connectivity index (χ0) is 17.5. The Bertz CT molecular complexity index is 883. The van der Waals surface area contributed by atoms with Gasteiger partial charge in [-0.1, -0.05) is 12.1 Å². The molecule has 0 fully saturated rings. The number of nitrogens with two attached hydrogens (primary N) is 1. The molecule has 0 spiro atoms. The van der Waals surface area contributed by atoms with Gasteiger partial charge in [0.15, 0.2) is 5.69 Å². The highest BCUT2D eigenvalue weighted by atomic mass is 32.1. The van der Waals surface area contributed by atoms with E-state index in [-0.39, 0.29) is 12.0 Å². The van der Waals surface area contributed by atoms with Gasteiger partial charge in [-0.2, -0.15) is 18.3 Å². The zero-order valence-electron chi connectivity index (χ0n) is 13.1. The highest BCUT2D eigenvalue weighted by Gasteiger charge is 2.37. The van der Waals surface area contributed by atoms with Gasteiger partial charge in [-0.3, -0.25) is 4.68 Å². The molecule has 2 aromatic heterocycles. The van der Waals surface area contributed by atoms with Gasteiger partial charge in [-0.05, 0) is 24.6 Å². The molecule has 0 saturated heterocycles. The van der Waals surface area contributed by atoms with Crippen LogP contribution < -0.4 is 5.73 Å². The third kappa shape index (κ3) is 3.25. The number of aryl methyl sites for hydroxylation is 2. The smallest absolute Gasteiger partial charge is 0.398 e. The van der Waals surface area contributed by atoms with E-state index < -0.39 is 11.9 Å². The lowest BCUT2D eigenvalue weighted by Crippen LogP contribution is -2.07. The summed E-state index contributed by atoms with van der Waals surface area (Å²) in [5, 5.41) is 3.67. The Morgan fingerprint density at radius 1 is 1.25 bits per heavy atom. The van der Waals surface area contributed by atoms with Crippen LogP contribution in [0.3, 0.4) is 0 Å². The summed E-state index contributed by atoms with van der Waals surface area (Å²) in [5.41, 5.74) is 7.63. The molecule has 0 atom stereocenters. The Morgan fingerprint density at radius 3 is 2.67 bits per heavy atom. The second-order valence-corrected chi connectivity index (χ2v) is 6.71. The van der Waals surface area contributed by atoms with Gasteiger partial charge in [0.05, 0.1) is 13.2 Å². The van der Waals surface area contributed by atoms with Crippen LogP contribution in [0.1, 0.15) is 21.7 Å². The van der Waals surface area contributed by atoms with Crippen LogP contribution in [0.2, 0.25) is 0 Å². The first-order chi connectivity index (χ1) is 11.3. The van der Waals surface area contributed by atoms with Crippen LogP contribution in [0.15, 0.2) is 24.3 Å². The predicted molar refractivity (Wildman–Crippen MR) is 87.7 cm³/mol. The molecule has 4 nitrogen and oxygen atoms in total. The Kier molecular flexibility index (Phi) is 4.27.